The summed E-state index contributed by atoms with van der Waals surface area (Å²) in [5.74, 6) is -1.67. The summed E-state index contributed by atoms with van der Waals surface area (Å²) in [6.45, 7) is 4.18. The van der Waals surface area contributed by atoms with Gasteiger partial charge in [0.25, 0.3) is 5.91 Å². The largest absolute Gasteiger partial charge is 0.478 e. The number of carbonyl (C=O) groups is 2. The predicted molar refractivity (Wildman–Crippen MR) is 105 cm³/mol. The van der Waals surface area contributed by atoms with Crippen molar-refractivity contribution in [3.05, 3.63) is 76.4 Å². The van der Waals surface area contributed by atoms with Crippen LogP contribution < -0.4 is 5.32 Å². The molecule has 138 valence electrons. The summed E-state index contributed by atoms with van der Waals surface area (Å²) in [6.07, 6.45) is 0. The Balaban J connectivity index is 1.92. The molecular formula is C21H18FNO3S. The van der Waals surface area contributed by atoms with Gasteiger partial charge < -0.3 is 10.4 Å². The van der Waals surface area contributed by atoms with Gasteiger partial charge in [0.1, 0.15) is 16.4 Å². The van der Waals surface area contributed by atoms with E-state index >= 15 is 0 Å². The molecule has 0 saturated heterocycles. The quantitative estimate of drug-likeness (QED) is 0.600. The van der Waals surface area contributed by atoms with Gasteiger partial charge >= 0.3 is 5.97 Å². The molecule has 2 N–H and O–H groups in total. The number of thiophene rings is 1. The lowest BCUT2D eigenvalue weighted by molar-refractivity contribution is 0.0699. The number of carboxylic acids is 1. The molecule has 0 unspecified atom stereocenters. The molecule has 1 aromatic heterocycles. The molecule has 0 spiro atoms. The SMILES string of the molecule is CC(C)c1ccc(-c2csc(NC(=O)c3ccc(F)cc3)c2C(=O)O)cc1. The minimum atomic E-state index is -1.12. The first-order valence-electron chi connectivity index (χ1n) is 8.39. The zero-order valence-electron chi connectivity index (χ0n) is 14.8. The molecule has 27 heavy (non-hydrogen) atoms. The molecule has 4 nitrogen and oxygen atoms in total. The molecule has 0 atom stereocenters. The Morgan fingerprint density at radius 3 is 2.22 bits per heavy atom. The Kier molecular flexibility index (Phi) is 5.37. The minimum absolute atomic E-state index is 0.0489. The van der Waals surface area contributed by atoms with Crippen LogP contribution in [0.3, 0.4) is 0 Å². The third kappa shape index (κ3) is 4.06. The molecule has 3 rings (SSSR count). The van der Waals surface area contributed by atoms with Crippen LogP contribution in [0.25, 0.3) is 11.1 Å². The van der Waals surface area contributed by atoms with Crippen molar-refractivity contribution >= 4 is 28.2 Å². The second kappa shape index (κ2) is 7.72. The van der Waals surface area contributed by atoms with Crippen molar-refractivity contribution in [2.45, 2.75) is 19.8 Å². The highest BCUT2D eigenvalue weighted by atomic mass is 32.1. The second-order valence-corrected chi connectivity index (χ2v) is 7.28. The molecule has 0 saturated carbocycles. The van der Waals surface area contributed by atoms with Gasteiger partial charge in [-0.15, -0.1) is 11.3 Å². The van der Waals surface area contributed by atoms with Crippen molar-refractivity contribution in [1.82, 2.24) is 0 Å². The number of carbonyl (C=O) groups excluding carboxylic acids is 1. The van der Waals surface area contributed by atoms with Crippen molar-refractivity contribution in [3.8, 4) is 11.1 Å². The van der Waals surface area contributed by atoms with Crippen molar-refractivity contribution < 1.29 is 19.1 Å². The molecule has 0 fully saturated rings. The van der Waals surface area contributed by atoms with Crippen LogP contribution in [0, 0.1) is 5.82 Å². The predicted octanol–water partition coefficient (Wildman–Crippen LogP) is 5.63. The minimum Gasteiger partial charge on any atom is -0.478 e. The fourth-order valence-corrected chi connectivity index (χ4v) is 3.66. The van der Waals surface area contributed by atoms with Crippen LogP contribution in [0.2, 0.25) is 0 Å². The number of anilines is 1. The van der Waals surface area contributed by atoms with Crippen LogP contribution in [0.4, 0.5) is 9.39 Å². The summed E-state index contributed by atoms with van der Waals surface area (Å²) in [6, 6.07) is 12.8. The molecule has 0 aliphatic rings. The Labute approximate surface area is 160 Å². The molecule has 2 aromatic carbocycles. The normalized spacial score (nSPS) is 10.8. The van der Waals surface area contributed by atoms with Gasteiger partial charge in [-0.05, 0) is 41.3 Å². The molecule has 0 aliphatic carbocycles. The fourth-order valence-electron chi connectivity index (χ4n) is 2.70. The van der Waals surface area contributed by atoms with Crippen molar-refractivity contribution in [2.75, 3.05) is 5.32 Å². The van der Waals surface area contributed by atoms with Gasteiger partial charge in [0.15, 0.2) is 0 Å². The summed E-state index contributed by atoms with van der Waals surface area (Å²) in [7, 11) is 0. The topological polar surface area (TPSA) is 66.4 Å². The van der Waals surface area contributed by atoms with Crippen molar-refractivity contribution in [1.29, 1.82) is 0 Å². The van der Waals surface area contributed by atoms with Gasteiger partial charge in [-0.25, -0.2) is 9.18 Å². The fraction of sp³-hybridized carbons (Fsp3) is 0.143. The first-order valence-corrected chi connectivity index (χ1v) is 9.27. The monoisotopic (exact) mass is 383 g/mol. The summed E-state index contributed by atoms with van der Waals surface area (Å²) in [4.78, 5) is 24.2. The smallest absolute Gasteiger partial charge is 0.339 e. The van der Waals surface area contributed by atoms with E-state index in [-0.39, 0.29) is 16.1 Å². The lowest BCUT2D eigenvalue weighted by Gasteiger charge is -2.08. The van der Waals surface area contributed by atoms with E-state index in [2.05, 4.69) is 19.2 Å². The highest BCUT2D eigenvalue weighted by Gasteiger charge is 2.21. The van der Waals surface area contributed by atoms with E-state index in [1.165, 1.54) is 24.3 Å². The van der Waals surface area contributed by atoms with Gasteiger partial charge in [0.2, 0.25) is 0 Å². The summed E-state index contributed by atoms with van der Waals surface area (Å²) >= 11 is 1.15. The highest BCUT2D eigenvalue weighted by molar-refractivity contribution is 7.15. The number of rotatable bonds is 5. The lowest BCUT2D eigenvalue weighted by Crippen LogP contribution is -2.13. The third-order valence-corrected chi connectivity index (χ3v) is 5.12. The number of halogens is 1. The molecule has 0 bridgehead atoms. The van der Waals surface area contributed by atoms with Gasteiger partial charge in [0, 0.05) is 16.5 Å². The molecule has 1 amide bonds. The third-order valence-electron chi connectivity index (χ3n) is 4.23. The van der Waals surface area contributed by atoms with E-state index in [4.69, 9.17) is 0 Å². The Hall–Kier alpha value is -2.99. The number of carboxylic acid groups (broad SMARTS) is 1. The Bertz CT molecular complexity index is 976. The van der Waals surface area contributed by atoms with Crippen LogP contribution >= 0.6 is 11.3 Å². The second-order valence-electron chi connectivity index (χ2n) is 6.40. The Morgan fingerprint density at radius 1 is 1.04 bits per heavy atom. The molecule has 0 radical (unpaired) electrons. The summed E-state index contributed by atoms with van der Waals surface area (Å²) < 4.78 is 13.0. The van der Waals surface area contributed by atoms with Crippen LogP contribution in [-0.4, -0.2) is 17.0 Å². The van der Waals surface area contributed by atoms with E-state index < -0.39 is 17.7 Å². The van der Waals surface area contributed by atoms with E-state index in [0.29, 0.717) is 11.5 Å². The summed E-state index contributed by atoms with van der Waals surface area (Å²) in [5.41, 5.74) is 2.79. The van der Waals surface area contributed by atoms with E-state index in [0.717, 1.165) is 22.5 Å². The van der Waals surface area contributed by atoms with Crippen molar-refractivity contribution in [3.63, 3.8) is 0 Å². The van der Waals surface area contributed by atoms with Gasteiger partial charge in [-0.1, -0.05) is 38.1 Å². The van der Waals surface area contributed by atoms with Crippen LogP contribution in [-0.2, 0) is 0 Å². The van der Waals surface area contributed by atoms with Crippen LogP contribution in [0.15, 0.2) is 53.9 Å². The van der Waals surface area contributed by atoms with Gasteiger partial charge in [-0.3, -0.25) is 4.79 Å². The van der Waals surface area contributed by atoms with Crippen LogP contribution in [0.1, 0.15) is 46.0 Å². The molecule has 1 heterocycles. The van der Waals surface area contributed by atoms with Gasteiger partial charge in [0.05, 0.1) is 0 Å². The highest BCUT2D eigenvalue weighted by Crippen LogP contribution is 2.36. The maximum Gasteiger partial charge on any atom is 0.339 e. The summed E-state index contributed by atoms with van der Waals surface area (Å²) in [5, 5.41) is 14.3. The van der Waals surface area contributed by atoms with E-state index in [9.17, 15) is 19.1 Å². The van der Waals surface area contributed by atoms with Crippen LogP contribution in [0.5, 0.6) is 0 Å². The number of benzene rings is 2. The average Bonchev–Trinajstić information content (AvgIpc) is 3.06. The molecule has 6 heteroatoms. The number of nitrogens with one attached hydrogen (secondary N) is 1. The Morgan fingerprint density at radius 2 is 1.67 bits per heavy atom. The zero-order chi connectivity index (χ0) is 19.6. The maximum absolute atomic E-state index is 13.0. The lowest BCUT2D eigenvalue weighted by atomic mass is 9.98. The average molecular weight is 383 g/mol. The molecular weight excluding hydrogens is 365 g/mol. The van der Waals surface area contributed by atoms with E-state index in [1.807, 2.05) is 24.3 Å². The first kappa shape index (κ1) is 18.8. The number of hydrogen-bond donors (Lipinski definition) is 2. The molecule has 0 aliphatic heterocycles. The zero-order valence-corrected chi connectivity index (χ0v) is 15.6. The standard InChI is InChI=1S/C21H18FNO3S/c1-12(2)13-3-5-14(6-4-13)17-11-27-20(18(17)21(25)26)23-19(24)15-7-9-16(22)10-8-15/h3-12H,1-2H3,(H,23,24)(H,25,26). The number of aromatic carboxylic acids is 1. The van der Waals surface area contributed by atoms with Gasteiger partial charge in [-0.2, -0.15) is 0 Å². The van der Waals surface area contributed by atoms with Crippen molar-refractivity contribution in [2.24, 2.45) is 0 Å². The molecule has 3 aromatic rings. The number of amides is 1. The van der Waals surface area contributed by atoms with E-state index in [1.54, 1.807) is 5.38 Å². The first-order chi connectivity index (χ1) is 12.9. The maximum atomic E-state index is 13.0. The number of hydrogen-bond acceptors (Lipinski definition) is 3.